The second-order valence-electron chi connectivity index (χ2n) is 4.55. The van der Waals surface area contributed by atoms with Gasteiger partial charge in [0.1, 0.15) is 10.7 Å². The summed E-state index contributed by atoms with van der Waals surface area (Å²) < 4.78 is 0. The molecule has 19 heavy (non-hydrogen) atoms. The van der Waals surface area contributed by atoms with Crippen LogP contribution in [0.15, 0.2) is 0 Å². The predicted molar refractivity (Wildman–Crippen MR) is 83.1 cm³/mol. The molecule has 106 valence electrons. The van der Waals surface area contributed by atoms with Crippen molar-refractivity contribution in [3.8, 4) is 0 Å². The topological polar surface area (TPSA) is 80.0 Å². The van der Waals surface area contributed by atoms with Gasteiger partial charge in [0, 0.05) is 18.3 Å². The lowest BCUT2D eigenvalue weighted by Crippen LogP contribution is -2.38. The molecule has 1 fully saturated rings. The van der Waals surface area contributed by atoms with Crippen molar-refractivity contribution in [1.82, 2.24) is 10.3 Å². The van der Waals surface area contributed by atoms with Gasteiger partial charge in [0.25, 0.3) is 5.91 Å². The van der Waals surface area contributed by atoms with Gasteiger partial charge in [0.05, 0.1) is 0 Å². The number of rotatable bonds is 5. The highest BCUT2D eigenvalue weighted by atomic mass is 32.2. The number of nitrogens with zero attached hydrogens (tertiary/aromatic N) is 1. The Hall–Kier alpha value is -0.950. The minimum atomic E-state index is -0.0907. The number of hydrogen-bond acceptors (Lipinski definition) is 6. The quantitative estimate of drug-likeness (QED) is 0.776. The van der Waals surface area contributed by atoms with E-state index in [0.29, 0.717) is 10.7 Å². The Morgan fingerprint density at radius 1 is 1.58 bits per heavy atom. The fraction of sp³-hybridized carbons (Fsp3) is 0.667. The van der Waals surface area contributed by atoms with Crippen LogP contribution in [0.5, 0.6) is 0 Å². The monoisotopic (exact) mass is 300 g/mol. The zero-order valence-electron chi connectivity index (χ0n) is 11.1. The number of nitrogen functional groups attached to an aromatic ring is 1. The Morgan fingerprint density at radius 2 is 2.42 bits per heavy atom. The molecule has 5 nitrogen and oxygen atoms in total. The van der Waals surface area contributed by atoms with E-state index in [-0.39, 0.29) is 11.9 Å². The normalized spacial score (nSPS) is 19.1. The highest BCUT2D eigenvalue weighted by molar-refractivity contribution is 7.99. The zero-order chi connectivity index (χ0) is 13.7. The van der Waals surface area contributed by atoms with E-state index in [0.717, 1.165) is 36.7 Å². The van der Waals surface area contributed by atoms with E-state index in [1.54, 1.807) is 0 Å². The molecule has 0 radical (unpaired) electrons. The number of thioether (sulfide) groups is 1. The molecule has 4 N–H and O–H groups in total. The molecule has 2 heterocycles. The first kappa shape index (κ1) is 14.5. The average molecular weight is 300 g/mol. The van der Waals surface area contributed by atoms with Crippen molar-refractivity contribution in [1.29, 1.82) is 0 Å². The Labute approximate surface area is 121 Å². The lowest BCUT2D eigenvalue weighted by molar-refractivity contribution is 0.0943. The van der Waals surface area contributed by atoms with Gasteiger partial charge in [-0.25, -0.2) is 4.98 Å². The third kappa shape index (κ3) is 4.01. The molecular weight excluding hydrogens is 280 g/mol. The van der Waals surface area contributed by atoms with Gasteiger partial charge < -0.3 is 16.4 Å². The number of carbonyl (C=O) groups is 1. The largest absolute Gasteiger partial charge is 0.382 e. The van der Waals surface area contributed by atoms with Gasteiger partial charge in [0.15, 0.2) is 5.13 Å². The molecule has 1 unspecified atom stereocenters. The molecule has 0 spiro atoms. The minimum Gasteiger partial charge on any atom is -0.382 e. The van der Waals surface area contributed by atoms with Crippen LogP contribution in [0.2, 0.25) is 0 Å². The van der Waals surface area contributed by atoms with Gasteiger partial charge in [0.2, 0.25) is 0 Å². The van der Waals surface area contributed by atoms with E-state index in [4.69, 9.17) is 5.73 Å². The molecule has 1 aromatic heterocycles. The van der Waals surface area contributed by atoms with E-state index in [2.05, 4.69) is 22.5 Å². The number of nitrogens with one attached hydrogen (secondary N) is 2. The fourth-order valence-electron chi connectivity index (χ4n) is 1.91. The molecule has 1 aromatic rings. The lowest BCUT2D eigenvalue weighted by atomic mass is 10.2. The van der Waals surface area contributed by atoms with Crippen LogP contribution in [0.4, 0.5) is 10.9 Å². The Balaban J connectivity index is 1.95. The van der Waals surface area contributed by atoms with Crippen molar-refractivity contribution in [2.45, 2.75) is 32.2 Å². The highest BCUT2D eigenvalue weighted by Crippen LogP contribution is 2.25. The molecule has 2 rings (SSSR count). The van der Waals surface area contributed by atoms with Gasteiger partial charge in [-0.15, -0.1) is 0 Å². The standard InChI is InChI=1S/C12H20N4OS2/c1-2-5-14-12-16-10(13)9(19-12)11(17)15-8-4-3-6-18-7-8/h8H,2-7,13H2,1H3,(H,14,16)(H,15,17). The number of hydrogen-bond donors (Lipinski definition) is 3. The number of nitrogens with two attached hydrogens (primary N) is 1. The van der Waals surface area contributed by atoms with Gasteiger partial charge in [-0.3, -0.25) is 4.79 Å². The van der Waals surface area contributed by atoms with Gasteiger partial charge in [-0.05, 0) is 25.0 Å². The van der Waals surface area contributed by atoms with Crippen molar-refractivity contribution >= 4 is 40.0 Å². The predicted octanol–water partition coefficient (Wildman–Crippen LogP) is 2.17. The van der Waals surface area contributed by atoms with Gasteiger partial charge >= 0.3 is 0 Å². The zero-order valence-corrected chi connectivity index (χ0v) is 12.7. The minimum absolute atomic E-state index is 0.0907. The van der Waals surface area contributed by atoms with Crippen molar-refractivity contribution in [2.75, 3.05) is 29.1 Å². The summed E-state index contributed by atoms with van der Waals surface area (Å²) in [4.78, 5) is 16.9. The molecule has 1 amide bonds. The Bertz CT molecular complexity index is 429. The lowest BCUT2D eigenvalue weighted by Gasteiger charge is -2.22. The summed E-state index contributed by atoms with van der Waals surface area (Å²) in [5.74, 6) is 2.42. The summed E-state index contributed by atoms with van der Waals surface area (Å²) in [7, 11) is 0. The van der Waals surface area contributed by atoms with Crippen LogP contribution in [-0.2, 0) is 0 Å². The number of carbonyl (C=O) groups excluding carboxylic acids is 1. The van der Waals surface area contributed by atoms with Crippen LogP contribution in [0.25, 0.3) is 0 Å². The number of amides is 1. The Kier molecular flexibility index (Phi) is 5.33. The Morgan fingerprint density at radius 3 is 3.11 bits per heavy atom. The molecule has 0 saturated carbocycles. The SMILES string of the molecule is CCCNc1nc(N)c(C(=O)NC2CCCSC2)s1. The van der Waals surface area contributed by atoms with Crippen LogP contribution in [0, 0.1) is 0 Å². The number of anilines is 2. The fourth-order valence-corrected chi connectivity index (χ4v) is 3.79. The maximum Gasteiger partial charge on any atom is 0.265 e. The summed E-state index contributed by atoms with van der Waals surface area (Å²) >= 11 is 3.22. The molecule has 0 aromatic carbocycles. The number of aromatic nitrogens is 1. The second kappa shape index (κ2) is 7.00. The molecule has 1 atom stereocenters. The van der Waals surface area contributed by atoms with E-state index in [1.165, 1.54) is 17.1 Å². The van der Waals surface area contributed by atoms with Crippen LogP contribution in [0.3, 0.4) is 0 Å². The molecule has 7 heteroatoms. The van der Waals surface area contributed by atoms with Crippen LogP contribution >= 0.6 is 23.1 Å². The third-order valence-corrected chi connectivity index (χ3v) is 5.12. The molecule has 1 aliphatic heterocycles. The first-order valence-corrected chi connectivity index (χ1v) is 8.56. The maximum atomic E-state index is 12.2. The molecular formula is C12H20N4OS2. The summed E-state index contributed by atoms with van der Waals surface area (Å²) in [5, 5.41) is 6.93. The summed E-state index contributed by atoms with van der Waals surface area (Å²) in [6, 6.07) is 0.264. The highest BCUT2D eigenvalue weighted by Gasteiger charge is 2.21. The molecule has 1 saturated heterocycles. The van der Waals surface area contributed by atoms with Crippen molar-refractivity contribution in [3.63, 3.8) is 0 Å². The van der Waals surface area contributed by atoms with Gasteiger partial charge in [-0.1, -0.05) is 18.3 Å². The van der Waals surface area contributed by atoms with Crippen LogP contribution in [-0.4, -0.2) is 35.0 Å². The van der Waals surface area contributed by atoms with Crippen molar-refractivity contribution in [3.05, 3.63) is 4.88 Å². The molecule has 0 bridgehead atoms. The summed E-state index contributed by atoms with van der Waals surface area (Å²) in [5.41, 5.74) is 5.81. The first-order valence-electron chi connectivity index (χ1n) is 6.59. The van der Waals surface area contributed by atoms with Crippen molar-refractivity contribution in [2.24, 2.45) is 0 Å². The smallest absolute Gasteiger partial charge is 0.265 e. The van der Waals surface area contributed by atoms with Gasteiger partial charge in [-0.2, -0.15) is 11.8 Å². The van der Waals surface area contributed by atoms with E-state index in [1.807, 2.05) is 11.8 Å². The van der Waals surface area contributed by atoms with E-state index < -0.39 is 0 Å². The third-order valence-electron chi connectivity index (χ3n) is 2.88. The second-order valence-corrected chi connectivity index (χ2v) is 6.70. The van der Waals surface area contributed by atoms with Crippen LogP contribution in [0.1, 0.15) is 35.9 Å². The van der Waals surface area contributed by atoms with Crippen LogP contribution < -0.4 is 16.4 Å². The van der Waals surface area contributed by atoms with E-state index in [9.17, 15) is 4.79 Å². The first-order chi connectivity index (χ1) is 9.20. The summed E-state index contributed by atoms with van der Waals surface area (Å²) in [6.07, 6.45) is 3.23. The molecule has 1 aliphatic rings. The number of thiazole rings is 1. The molecule has 0 aliphatic carbocycles. The van der Waals surface area contributed by atoms with E-state index >= 15 is 0 Å². The van der Waals surface area contributed by atoms with Crippen molar-refractivity contribution < 1.29 is 4.79 Å². The maximum absolute atomic E-state index is 12.2. The average Bonchev–Trinajstić information content (AvgIpc) is 2.79. The summed E-state index contributed by atoms with van der Waals surface area (Å²) in [6.45, 7) is 2.92.